The lowest BCUT2D eigenvalue weighted by atomic mass is 10.1. The van der Waals surface area contributed by atoms with Gasteiger partial charge >= 0.3 is 0 Å². The molecule has 0 unspecified atom stereocenters. The number of ether oxygens (including phenoxy) is 2. The predicted molar refractivity (Wildman–Crippen MR) is 119 cm³/mol. The summed E-state index contributed by atoms with van der Waals surface area (Å²) in [7, 11) is 0. The van der Waals surface area contributed by atoms with E-state index in [-0.39, 0.29) is 11.5 Å². The van der Waals surface area contributed by atoms with Crippen molar-refractivity contribution in [1.29, 1.82) is 0 Å². The standard InChI is InChI=1S/C14H14O.C12H10O3/c1-11-8-9-14(10-12(11)2)15-13-6-4-3-5-7-13;13-9-3-1-5-11(7-9)15-12-6-2-4-10(14)8-12/h3-10H,1-2H3;1-8,13-14H. The maximum absolute atomic E-state index is 9.22. The van der Waals surface area contributed by atoms with Gasteiger partial charge in [-0.15, -0.1) is 0 Å². The molecule has 0 aliphatic heterocycles. The molecular weight excluding hydrogens is 376 g/mol. The SMILES string of the molecule is Cc1ccc(Oc2ccccc2)cc1C.Oc1cccc(Oc2cccc(O)c2)c1. The minimum atomic E-state index is 0.146. The second-order valence-corrected chi connectivity index (χ2v) is 6.76. The molecule has 0 heterocycles. The summed E-state index contributed by atoms with van der Waals surface area (Å²) in [5.41, 5.74) is 2.54. The predicted octanol–water partition coefficient (Wildman–Crippen LogP) is 6.99. The number of hydrogen-bond donors (Lipinski definition) is 2. The smallest absolute Gasteiger partial charge is 0.131 e. The molecule has 0 aliphatic rings. The van der Waals surface area contributed by atoms with Crippen molar-refractivity contribution in [2.45, 2.75) is 13.8 Å². The highest BCUT2D eigenvalue weighted by Crippen LogP contribution is 2.26. The Morgan fingerprint density at radius 1 is 0.467 bits per heavy atom. The lowest BCUT2D eigenvalue weighted by molar-refractivity contribution is 0.446. The van der Waals surface area contributed by atoms with Crippen molar-refractivity contribution < 1.29 is 19.7 Å². The van der Waals surface area contributed by atoms with Gasteiger partial charge in [0.2, 0.25) is 0 Å². The third-order valence-corrected chi connectivity index (χ3v) is 4.33. The van der Waals surface area contributed by atoms with Crippen LogP contribution in [0.15, 0.2) is 97.1 Å². The van der Waals surface area contributed by atoms with Crippen LogP contribution in [0.1, 0.15) is 11.1 Å². The summed E-state index contributed by atoms with van der Waals surface area (Å²) in [5.74, 6) is 3.12. The van der Waals surface area contributed by atoms with Gasteiger partial charge < -0.3 is 19.7 Å². The van der Waals surface area contributed by atoms with Gasteiger partial charge in [-0.1, -0.05) is 36.4 Å². The number of benzene rings is 4. The van der Waals surface area contributed by atoms with Gasteiger partial charge in [0.25, 0.3) is 0 Å². The Morgan fingerprint density at radius 3 is 1.50 bits per heavy atom. The van der Waals surface area contributed by atoms with Crippen LogP contribution < -0.4 is 9.47 Å². The molecule has 0 fully saturated rings. The Balaban J connectivity index is 0.000000171. The fourth-order valence-corrected chi connectivity index (χ4v) is 2.63. The van der Waals surface area contributed by atoms with E-state index in [4.69, 9.17) is 9.47 Å². The second kappa shape index (κ2) is 10.0. The van der Waals surface area contributed by atoms with Crippen LogP contribution in [0, 0.1) is 13.8 Å². The van der Waals surface area contributed by atoms with E-state index in [0.717, 1.165) is 11.5 Å². The zero-order valence-corrected chi connectivity index (χ0v) is 16.9. The van der Waals surface area contributed by atoms with Crippen LogP contribution in [0.3, 0.4) is 0 Å². The molecule has 0 amide bonds. The maximum atomic E-state index is 9.22. The fraction of sp³-hybridized carbons (Fsp3) is 0.0769. The van der Waals surface area contributed by atoms with E-state index in [1.807, 2.05) is 36.4 Å². The van der Waals surface area contributed by atoms with Crippen LogP contribution in [0.5, 0.6) is 34.5 Å². The van der Waals surface area contributed by atoms with E-state index in [1.54, 1.807) is 36.4 Å². The Kier molecular flexibility index (Phi) is 6.95. The quantitative estimate of drug-likeness (QED) is 0.388. The third kappa shape index (κ3) is 6.31. The molecule has 0 atom stereocenters. The normalized spacial score (nSPS) is 9.93. The molecule has 30 heavy (non-hydrogen) atoms. The molecular formula is C26H24O4. The van der Waals surface area contributed by atoms with E-state index in [2.05, 4.69) is 26.0 Å². The van der Waals surface area contributed by atoms with Gasteiger partial charge in [0, 0.05) is 12.1 Å². The first kappa shape index (κ1) is 20.8. The molecule has 0 aliphatic carbocycles. The number of phenols is 2. The molecule has 4 nitrogen and oxygen atoms in total. The van der Waals surface area contributed by atoms with Gasteiger partial charge in [0.1, 0.15) is 34.5 Å². The molecule has 0 aromatic heterocycles. The maximum Gasteiger partial charge on any atom is 0.131 e. The van der Waals surface area contributed by atoms with Crippen LogP contribution in [-0.4, -0.2) is 10.2 Å². The Labute approximate surface area is 176 Å². The lowest BCUT2D eigenvalue weighted by Gasteiger charge is -2.07. The highest BCUT2D eigenvalue weighted by Gasteiger charge is 1.99. The van der Waals surface area contributed by atoms with Gasteiger partial charge in [-0.3, -0.25) is 0 Å². The third-order valence-electron chi connectivity index (χ3n) is 4.33. The van der Waals surface area contributed by atoms with Crippen LogP contribution >= 0.6 is 0 Å². The number of rotatable bonds is 4. The van der Waals surface area contributed by atoms with Gasteiger partial charge in [0.15, 0.2) is 0 Å². The van der Waals surface area contributed by atoms with Crippen LogP contribution in [-0.2, 0) is 0 Å². The van der Waals surface area contributed by atoms with E-state index in [0.29, 0.717) is 11.5 Å². The van der Waals surface area contributed by atoms with Gasteiger partial charge in [-0.05, 0) is 73.5 Å². The minimum absolute atomic E-state index is 0.146. The molecule has 0 radical (unpaired) electrons. The first-order chi connectivity index (χ1) is 14.5. The molecule has 4 aromatic rings. The van der Waals surface area contributed by atoms with Gasteiger partial charge in [-0.25, -0.2) is 0 Å². The number of hydrogen-bond acceptors (Lipinski definition) is 4. The first-order valence-electron chi connectivity index (χ1n) is 9.56. The minimum Gasteiger partial charge on any atom is -0.508 e. The van der Waals surface area contributed by atoms with Gasteiger partial charge in [0.05, 0.1) is 0 Å². The van der Waals surface area contributed by atoms with Crippen molar-refractivity contribution in [3.63, 3.8) is 0 Å². The lowest BCUT2D eigenvalue weighted by Crippen LogP contribution is -1.86. The molecule has 0 bridgehead atoms. The Morgan fingerprint density at radius 2 is 0.967 bits per heavy atom. The number of para-hydroxylation sites is 1. The van der Waals surface area contributed by atoms with Crippen molar-refractivity contribution in [2.24, 2.45) is 0 Å². The number of phenolic OH excluding ortho intramolecular Hbond substituents is 2. The highest BCUT2D eigenvalue weighted by atomic mass is 16.5. The topological polar surface area (TPSA) is 58.9 Å². The summed E-state index contributed by atoms with van der Waals surface area (Å²) >= 11 is 0. The van der Waals surface area contributed by atoms with Crippen molar-refractivity contribution >= 4 is 0 Å². The van der Waals surface area contributed by atoms with Crippen LogP contribution in [0.2, 0.25) is 0 Å². The average Bonchev–Trinajstić information content (AvgIpc) is 2.72. The monoisotopic (exact) mass is 400 g/mol. The van der Waals surface area contributed by atoms with Crippen LogP contribution in [0.4, 0.5) is 0 Å². The highest BCUT2D eigenvalue weighted by molar-refractivity contribution is 5.39. The van der Waals surface area contributed by atoms with Crippen LogP contribution in [0.25, 0.3) is 0 Å². The summed E-state index contributed by atoms with van der Waals surface area (Å²) in [6.45, 7) is 4.19. The van der Waals surface area contributed by atoms with Gasteiger partial charge in [-0.2, -0.15) is 0 Å². The zero-order chi connectivity index (χ0) is 21.3. The molecule has 4 heteroatoms. The molecule has 0 saturated carbocycles. The summed E-state index contributed by atoms with van der Waals surface area (Å²) in [5, 5.41) is 18.4. The van der Waals surface area contributed by atoms with E-state index >= 15 is 0 Å². The van der Waals surface area contributed by atoms with Crippen molar-refractivity contribution in [2.75, 3.05) is 0 Å². The Bertz CT molecular complexity index is 1050. The molecule has 2 N–H and O–H groups in total. The molecule has 4 aromatic carbocycles. The molecule has 0 spiro atoms. The second-order valence-electron chi connectivity index (χ2n) is 6.76. The van der Waals surface area contributed by atoms with Crippen molar-refractivity contribution in [1.82, 2.24) is 0 Å². The molecule has 4 rings (SSSR count). The zero-order valence-electron chi connectivity index (χ0n) is 16.9. The number of aryl methyl sites for hydroxylation is 2. The largest absolute Gasteiger partial charge is 0.508 e. The molecule has 0 saturated heterocycles. The van der Waals surface area contributed by atoms with Crippen molar-refractivity contribution in [3.8, 4) is 34.5 Å². The summed E-state index contributed by atoms with van der Waals surface area (Å²) in [4.78, 5) is 0. The summed E-state index contributed by atoms with van der Waals surface area (Å²) in [6.07, 6.45) is 0. The first-order valence-corrected chi connectivity index (χ1v) is 9.56. The van der Waals surface area contributed by atoms with Crippen molar-refractivity contribution in [3.05, 3.63) is 108 Å². The average molecular weight is 400 g/mol. The molecule has 152 valence electrons. The van der Waals surface area contributed by atoms with E-state index < -0.39 is 0 Å². The van der Waals surface area contributed by atoms with E-state index in [1.165, 1.54) is 23.3 Å². The fourth-order valence-electron chi connectivity index (χ4n) is 2.63. The van der Waals surface area contributed by atoms with E-state index in [9.17, 15) is 10.2 Å². The summed E-state index contributed by atoms with van der Waals surface area (Å²) in [6, 6.07) is 28.9. The Hall–Kier alpha value is -3.92. The number of aromatic hydroxyl groups is 2. The summed E-state index contributed by atoms with van der Waals surface area (Å²) < 4.78 is 11.1.